The Morgan fingerprint density at radius 1 is 0.853 bits per heavy atom. The third kappa shape index (κ3) is 4.88. The summed E-state index contributed by atoms with van der Waals surface area (Å²) in [6, 6.07) is 0. The number of rotatable bonds is 4. The Bertz CT molecular complexity index is 852. The van der Waals surface area contributed by atoms with Gasteiger partial charge in [0.25, 0.3) is 0 Å². The van der Waals surface area contributed by atoms with Crippen molar-refractivity contribution in [2.45, 2.75) is 117 Å². The standard InChI is InChI=1S/C26H40O8/c1-14(2)18-9-11-24(6,32-15(3)27)22-19(30)13-26(8,34-17(5)29)20-10-12-25(7,33-16(4)28)23(31-20)21(18)22/h14,18,20-23H,9-13H2,1-8H3/t18-,20-,21-,22-,23-,24-,25-,26-/m0/s1. The number of ketones is 1. The fourth-order valence-corrected chi connectivity index (χ4v) is 6.96. The Morgan fingerprint density at radius 3 is 1.88 bits per heavy atom. The summed E-state index contributed by atoms with van der Waals surface area (Å²) in [6.07, 6.45) is 1.08. The molecule has 3 rings (SSSR count). The highest BCUT2D eigenvalue weighted by molar-refractivity contribution is 5.85. The summed E-state index contributed by atoms with van der Waals surface area (Å²) in [5, 5.41) is 0. The second kappa shape index (κ2) is 9.25. The Kier molecular flexibility index (Phi) is 7.25. The van der Waals surface area contributed by atoms with Crippen molar-refractivity contribution in [1.82, 2.24) is 0 Å². The molecule has 1 aliphatic carbocycles. The highest BCUT2D eigenvalue weighted by atomic mass is 16.6. The van der Waals surface area contributed by atoms with Gasteiger partial charge in [0.15, 0.2) is 0 Å². The number of Topliss-reactive ketones (excluding diaryl/α,β-unsaturated/α-hetero) is 1. The highest BCUT2D eigenvalue weighted by Gasteiger charge is 2.64. The van der Waals surface area contributed by atoms with Gasteiger partial charge in [0, 0.05) is 33.1 Å². The fraction of sp³-hybridized carbons (Fsp3) is 0.846. The van der Waals surface area contributed by atoms with Crippen molar-refractivity contribution in [2.24, 2.45) is 23.7 Å². The molecule has 2 heterocycles. The van der Waals surface area contributed by atoms with E-state index >= 15 is 0 Å². The van der Waals surface area contributed by atoms with E-state index in [4.69, 9.17) is 18.9 Å². The molecule has 0 unspecified atom stereocenters. The van der Waals surface area contributed by atoms with Crippen LogP contribution in [0.4, 0.5) is 0 Å². The monoisotopic (exact) mass is 480 g/mol. The molecule has 0 aromatic carbocycles. The van der Waals surface area contributed by atoms with Crippen molar-refractivity contribution < 1.29 is 38.1 Å². The quantitative estimate of drug-likeness (QED) is 0.442. The van der Waals surface area contributed by atoms with Crippen molar-refractivity contribution in [1.29, 1.82) is 0 Å². The first-order valence-electron chi connectivity index (χ1n) is 12.4. The Labute approximate surface area is 202 Å². The predicted octanol–water partition coefficient (Wildman–Crippen LogP) is 3.77. The maximum absolute atomic E-state index is 14.1. The van der Waals surface area contributed by atoms with Gasteiger partial charge in [-0.05, 0) is 58.3 Å². The summed E-state index contributed by atoms with van der Waals surface area (Å²) in [7, 11) is 0. The number of fused-ring (bicyclic) bond motifs is 4. The van der Waals surface area contributed by atoms with Crippen LogP contribution >= 0.6 is 0 Å². The molecule has 0 aromatic rings. The molecule has 2 saturated heterocycles. The first kappa shape index (κ1) is 26.6. The summed E-state index contributed by atoms with van der Waals surface area (Å²) in [5.74, 6) is -2.18. The zero-order chi connectivity index (χ0) is 25.6. The molecule has 2 bridgehead atoms. The van der Waals surface area contributed by atoms with Gasteiger partial charge in [-0.1, -0.05) is 13.8 Å². The van der Waals surface area contributed by atoms with Crippen LogP contribution < -0.4 is 0 Å². The van der Waals surface area contributed by atoms with E-state index in [2.05, 4.69) is 13.8 Å². The minimum absolute atomic E-state index is 0.0307. The maximum atomic E-state index is 14.1. The molecule has 0 aromatic heterocycles. The van der Waals surface area contributed by atoms with Gasteiger partial charge in [0.2, 0.25) is 0 Å². The number of hydrogen-bond donors (Lipinski definition) is 0. The highest BCUT2D eigenvalue weighted by Crippen LogP contribution is 2.55. The maximum Gasteiger partial charge on any atom is 0.303 e. The smallest absolute Gasteiger partial charge is 0.303 e. The molecule has 34 heavy (non-hydrogen) atoms. The third-order valence-electron chi connectivity index (χ3n) is 8.22. The normalized spacial score (nSPS) is 42.1. The van der Waals surface area contributed by atoms with Gasteiger partial charge in [-0.3, -0.25) is 19.2 Å². The van der Waals surface area contributed by atoms with Gasteiger partial charge < -0.3 is 18.9 Å². The molecule has 3 fully saturated rings. The van der Waals surface area contributed by atoms with Crippen LogP contribution in [0, 0.1) is 23.7 Å². The SMILES string of the molecule is CC(=O)O[C@@]1(C)CC(=O)[C@H]2[C@H]([C@H](C(C)C)CC[C@]2(C)OC(C)=O)[C@@H]2O[C@H]1CC[C@]2(C)OC(C)=O. The van der Waals surface area contributed by atoms with Crippen LogP contribution in [0.25, 0.3) is 0 Å². The summed E-state index contributed by atoms with van der Waals surface area (Å²) >= 11 is 0. The van der Waals surface area contributed by atoms with Gasteiger partial charge in [0.1, 0.15) is 28.7 Å². The molecule has 3 aliphatic rings. The van der Waals surface area contributed by atoms with Crippen LogP contribution in [0.15, 0.2) is 0 Å². The molecule has 8 nitrogen and oxygen atoms in total. The van der Waals surface area contributed by atoms with Crippen molar-refractivity contribution >= 4 is 23.7 Å². The summed E-state index contributed by atoms with van der Waals surface area (Å²) in [5.41, 5.74) is -3.19. The summed E-state index contributed by atoms with van der Waals surface area (Å²) in [4.78, 5) is 50.4. The molecule has 2 aliphatic heterocycles. The van der Waals surface area contributed by atoms with E-state index in [0.717, 1.165) is 6.42 Å². The first-order chi connectivity index (χ1) is 15.6. The average molecular weight is 481 g/mol. The van der Waals surface area contributed by atoms with Crippen molar-refractivity contribution in [3.05, 3.63) is 0 Å². The first-order valence-corrected chi connectivity index (χ1v) is 12.4. The summed E-state index contributed by atoms with van der Waals surface area (Å²) in [6.45, 7) is 13.7. The zero-order valence-electron chi connectivity index (χ0n) is 21.8. The minimum atomic E-state index is -1.18. The lowest BCUT2D eigenvalue weighted by Gasteiger charge is -2.59. The molecule has 0 amide bonds. The lowest BCUT2D eigenvalue weighted by atomic mass is 9.55. The number of carbonyl (C=O) groups is 4. The third-order valence-corrected chi connectivity index (χ3v) is 8.22. The summed E-state index contributed by atoms with van der Waals surface area (Å²) < 4.78 is 24.2. The van der Waals surface area contributed by atoms with Crippen LogP contribution in [0.2, 0.25) is 0 Å². The van der Waals surface area contributed by atoms with Crippen molar-refractivity contribution in [2.75, 3.05) is 0 Å². The predicted molar refractivity (Wildman–Crippen MR) is 123 cm³/mol. The number of esters is 3. The van der Waals surface area contributed by atoms with E-state index in [9.17, 15) is 19.2 Å². The van der Waals surface area contributed by atoms with E-state index < -0.39 is 52.8 Å². The van der Waals surface area contributed by atoms with Crippen LogP contribution in [-0.2, 0) is 38.1 Å². The Morgan fingerprint density at radius 2 is 1.35 bits per heavy atom. The van der Waals surface area contributed by atoms with Gasteiger partial charge in [0.05, 0.1) is 12.0 Å². The van der Waals surface area contributed by atoms with Crippen LogP contribution in [0.5, 0.6) is 0 Å². The molecular formula is C26H40O8. The van der Waals surface area contributed by atoms with E-state index in [-0.39, 0.29) is 30.0 Å². The second-order valence-electron chi connectivity index (χ2n) is 11.4. The van der Waals surface area contributed by atoms with E-state index in [1.807, 2.05) is 13.8 Å². The van der Waals surface area contributed by atoms with Gasteiger partial charge in [-0.25, -0.2) is 0 Å². The number of hydrogen-bond acceptors (Lipinski definition) is 8. The number of carbonyl (C=O) groups excluding carboxylic acids is 4. The molecule has 0 spiro atoms. The molecule has 1 saturated carbocycles. The molecule has 8 atom stereocenters. The van der Waals surface area contributed by atoms with Crippen molar-refractivity contribution in [3.63, 3.8) is 0 Å². The molecule has 192 valence electrons. The Hall–Kier alpha value is -1.96. The van der Waals surface area contributed by atoms with Gasteiger partial charge >= 0.3 is 17.9 Å². The van der Waals surface area contributed by atoms with Gasteiger partial charge in [-0.2, -0.15) is 0 Å². The van der Waals surface area contributed by atoms with E-state index in [1.54, 1.807) is 6.92 Å². The minimum Gasteiger partial charge on any atom is -0.459 e. The lowest BCUT2D eigenvalue weighted by molar-refractivity contribution is -0.271. The molecule has 0 N–H and O–H groups in total. The van der Waals surface area contributed by atoms with Crippen LogP contribution in [-0.4, -0.2) is 52.7 Å². The second-order valence-corrected chi connectivity index (χ2v) is 11.4. The van der Waals surface area contributed by atoms with Crippen molar-refractivity contribution in [3.8, 4) is 0 Å². The zero-order valence-corrected chi connectivity index (χ0v) is 21.8. The molecule has 0 radical (unpaired) electrons. The largest absolute Gasteiger partial charge is 0.459 e. The topological polar surface area (TPSA) is 105 Å². The van der Waals surface area contributed by atoms with Crippen LogP contribution in [0.1, 0.15) is 87.5 Å². The molecular weight excluding hydrogens is 440 g/mol. The lowest BCUT2D eigenvalue weighted by Crippen LogP contribution is -2.68. The van der Waals surface area contributed by atoms with Gasteiger partial charge in [-0.15, -0.1) is 0 Å². The van der Waals surface area contributed by atoms with E-state index in [0.29, 0.717) is 19.3 Å². The van der Waals surface area contributed by atoms with Crippen LogP contribution in [0.3, 0.4) is 0 Å². The number of ether oxygens (including phenoxy) is 4. The molecule has 8 heteroatoms. The Balaban J connectivity index is 2.21. The fourth-order valence-electron chi connectivity index (χ4n) is 6.96. The van der Waals surface area contributed by atoms with E-state index in [1.165, 1.54) is 20.8 Å². The average Bonchev–Trinajstić information content (AvgIpc) is 2.64.